The molecule has 0 aromatic heterocycles. The van der Waals surface area contributed by atoms with Crippen LogP contribution in [0.2, 0.25) is 0 Å². The molecule has 3 aromatic rings. The largest absolute Gasteiger partial charge is 0.446 e. The minimum Gasteiger partial charge on any atom is -0.388 e. The standard InChI is InChI=1S/C24H21F2NO6S/c25-17-5-1-15(2-6-17)22(28)14-13-21-23(16-3-11-20(12-4-16)33-34(30,31)32)27(24(21)29)19-9-7-18(26)8-10-19/h1-12,21-23,28H,13-14H2,(H,30,31,32). The molecular weight excluding hydrogens is 468 g/mol. The fraction of sp³-hybridized carbons (Fsp3) is 0.208. The van der Waals surface area contributed by atoms with E-state index in [4.69, 9.17) is 4.55 Å². The van der Waals surface area contributed by atoms with E-state index >= 15 is 0 Å². The van der Waals surface area contributed by atoms with Crippen molar-refractivity contribution >= 4 is 22.0 Å². The molecule has 7 nitrogen and oxygen atoms in total. The van der Waals surface area contributed by atoms with E-state index in [1.165, 1.54) is 65.6 Å². The summed E-state index contributed by atoms with van der Waals surface area (Å²) >= 11 is 0. The van der Waals surface area contributed by atoms with Gasteiger partial charge in [0.1, 0.15) is 17.4 Å². The van der Waals surface area contributed by atoms with Crippen LogP contribution in [-0.2, 0) is 15.2 Å². The summed E-state index contributed by atoms with van der Waals surface area (Å²) in [5.41, 5.74) is 1.68. The van der Waals surface area contributed by atoms with Gasteiger partial charge in [-0.15, -0.1) is 0 Å². The number of carbonyl (C=O) groups excluding carboxylic acids is 1. The SMILES string of the molecule is O=C1C(CCC(O)c2ccc(F)cc2)C(c2ccc(OS(=O)(=O)O)cc2)N1c1ccc(F)cc1. The Morgan fingerprint density at radius 2 is 1.47 bits per heavy atom. The Kier molecular flexibility index (Phi) is 6.65. The molecule has 34 heavy (non-hydrogen) atoms. The molecule has 3 atom stereocenters. The van der Waals surface area contributed by atoms with Gasteiger partial charge in [-0.1, -0.05) is 24.3 Å². The lowest BCUT2D eigenvalue weighted by Gasteiger charge is -2.48. The van der Waals surface area contributed by atoms with E-state index < -0.39 is 40.1 Å². The molecule has 0 spiro atoms. The smallest absolute Gasteiger partial charge is 0.388 e. The lowest BCUT2D eigenvalue weighted by Crippen LogP contribution is -2.55. The maximum atomic E-state index is 13.4. The topological polar surface area (TPSA) is 104 Å². The number of nitrogens with zero attached hydrogens (tertiary/aromatic N) is 1. The molecule has 0 bridgehead atoms. The molecular formula is C24H21F2NO6S. The van der Waals surface area contributed by atoms with Crippen LogP contribution in [0.25, 0.3) is 0 Å². The number of hydrogen-bond acceptors (Lipinski definition) is 5. The number of aliphatic hydroxyl groups is 1. The third-order valence-corrected chi connectivity index (χ3v) is 6.15. The van der Waals surface area contributed by atoms with E-state index in [1.54, 1.807) is 12.1 Å². The fourth-order valence-electron chi connectivity index (χ4n) is 4.13. The molecule has 3 unspecified atom stereocenters. The highest BCUT2D eigenvalue weighted by Gasteiger charge is 2.48. The van der Waals surface area contributed by atoms with Crippen molar-refractivity contribution in [1.82, 2.24) is 0 Å². The van der Waals surface area contributed by atoms with Crippen molar-refractivity contribution in [2.45, 2.75) is 25.0 Å². The maximum absolute atomic E-state index is 13.4. The zero-order valence-electron chi connectivity index (χ0n) is 17.7. The number of benzene rings is 3. The fourth-order valence-corrected chi connectivity index (χ4v) is 4.49. The molecule has 1 aliphatic heterocycles. The number of halogens is 2. The molecule has 178 valence electrons. The van der Waals surface area contributed by atoms with E-state index in [0.717, 1.165) is 0 Å². The highest BCUT2D eigenvalue weighted by atomic mass is 32.3. The Balaban J connectivity index is 1.56. The Labute approximate surface area is 195 Å². The summed E-state index contributed by atoms with van der Waals surface area (Å²) in [5.74, 6) is -1.68. The summed E-state index contributed by atoms with van der Waals surface area (Å²) in [5, 5.41) is 10.5. The summed E-state index contributed by atoms with van der Waals surface area (Å²) in [7, 11) is -4.68. The van der Waals surface area contributed by atoms with Crippen molar-refractivity contribution < 1.29 is 35.8 Å². The van der Waals surface area contributed by atoms with Gasteiger partial charge >= 0.3 is 10.4 Å². The molecule has 3 aromatic carbocycles. The van der Waals surface area contributed by atoms with Crippen LogP contribution in [0.4, 0.5) is 14.5 Å². The second-order valence-electron chi connectivity index (χ2n) is 7.96. The zero-order chi connectivity index (χ0) is 24.5. The average Bonchev–Trinajstić information content (AvgIpc) is 2.79. The summed E-state index contributed by atoms with van der Waals surface area (Å²) in [6.07, 6.45) is -0.317. The number of anilines is 1. The van der Waals surface area contributed by atoms with Crippen LogP contribution in [0, 0.1) is 17.6 Å². The van der Waals surface area contributed by atoms with Crippen LogP contribution in [0.5, 0.6) is 5.75 Å². The van der Waals surface area contributed by atoms with Gasteiger partial charge in [0.05, 0.1) is 18.1 Å². The number of carbonyl (C=O) groups is 1. The van der Waals surface area contributed by atoms with E-state index in [-0.39, 0.29) is 18.1 Å². The molecule has 1 saturated heterocycles. The number of hydrogen-bond donors (Lipinski definition) is 2. The minimum absolute atomic E-state index is 0.103. The molecule has 2 N–H and O–H groups in total. The zero-order valence-corrected chi connectivity index (χ0v) is 18.5. The second kappa shape index (κ2) is 9.49. The van der Waals surface area contributed by atoms with Crippen LogP contribution in [-0.4, -0.2) is 24.0 Å². The van der Waals surface area contributed by atoms with Crippen molar-refractivity contribution in [3.63, 3.8) is 0 Å². The maximum Gasteiger partial charge on any atom is 0.446 e. The van der Waals surface area contributed by atoms with Crippen LogP contribution in [0.15, 0.2) is 72.8 Å². The lowest BCUT2D eigenvalue weighted by atomic mass is 9.78. The molecule has 0 saturated carbocycles. The van der Waals surface area contributed by atoms with E-state index in [1.807, 2.05) is 0 Å². The van der Waals surface area contributed by atoms with Gasteiger partial charge < -0.3 is 14.2 Å². The van der Waals surface area contributed by atoms with E-state index in [9.17, 15) is 27.1 Å². The number of amides is 1. The van der Waals surface area contributed by atoms with Gasteiger partial charge in [-0.05, 0) is 72.5 Å². The molecule has 1 heterocycles. The summed E-state index contributed by atoms with van der Waals surface area (Å²) in [6.45, 7) is 0. The first-order valence-electron chi connectivity index (χ1n) is 10.4. The van der Waals surface area contributed by atoms with Crippen molar-refractivity contribution in [3.05, 3.63) is 95.6 Å². The highest BCUT2D eigenvalue weighted by molar-refractivity contribution is 7.81. The Morgan fingerprint density at radius 1 is 0.912 bits per heavy atom. The normalized spacial score (nSPS) is 18.9. The van der Waals surface area contributed by atoms with Gasteiger partial charge in [-0.3, -0.25) is 9.35 Å². The Hall–Kier alpha value is -3.34. The van der Waals surface area contributed by atoms with Gasteiger partial charge in [0, 0.05) is 5.69 Å². The number of β-lactam (4-membered cyclic amide) rings is 1. The summed E-state index contributed by atoms with van der Waals surface area (Å²) in [4.78, 5) is 14.6. The van der Waals surface area contributed by atoms with Crippen LogP contribution in [0.3, 0.4) is 0 Å². The van der Waals surface area contributed by atoms with Crippen LogP contribution in [0.1, 0.15) is 36.1 Å². The van der Waals surface area contributed by atoms with Gasteiger partial charge in [-0.2, -0.15) is 8.42 Å². The van der Waals surface area contributed by atoms with Crippen molar-refractivity contribution in [1.29, 1.82) is 0 Å². The molecule has 10 heteroatoms. The quantitative estimate of drug-likeness (QED) is 0.360. The third-order valence-electron chi connectivity index (χ3n) is 5.75. The average molecular weight is 489 g/mol. The predicted octanol–water partition coefficient (Wildman–Crippen LogP) is 4.36. The summed E-state index contributed by atoms with van der Waals surface area (Å²) < 4.78 is 61.7. The van der Waals surface area contributed by atoms with Gasteiger partial charge in [0.2, 0.25) is 5.91 Å². The van der Waals surface area contributed by atoms with Crippen molar-refractivity contribution in [2.24, 2.45) is 5.92 Å². The molecule has 1 fully saturated rings. The molecule has 4 rings (SSSR count). The molecule has 1 amide bonds. The minimum atomic E-state index is -4.68. The first-order valence-corrected chi connectivity index (χ1v) is 11.8. The molecule has 0 aliphatic carbocycles. The number of rotatable bonds is 8. The van der Waals surface area contributed by atoms with Gasteiger partial charge in [-0.25, -0.2) is 8.78 Å². The number of aliphatic hydroxyl groups excluding tert-OH is 1. The van der Waals surface area contributed by atoms with E-state index in [0.29, 0.717) is 23.2 Å². The Bertz CT molecular complexity index is 1260. The Morgan fingerprint density at radius 3 is 2.03 bits per heavy atom. The van der Waals surface area contributed by atoms with Crippen LogP contribution >= 0.6 is 0 Å². The monoisotopic (exact) mass is 489 g/mol. The first-order chi connectivity index (χ1) is 16.1. The lowest BCUT2D eigenvalue weighted by molar-refractivity contribution is -0.131. The molecule has 0 radical (unpaired) electrons. The van der Waals surface area contributed by atoms with Crippen molar-refractivity contribution in [3.8, 4) is 5.75 Å². The highest BCUT2D eigenvalue weighted by Crippen LogP contribution is 2.46. The second-order valence-corrected chi connectivity index (χ2v) is 8.98. The van der Waals surface area contributed by atoms with Crippen LogP contribution < -0.4 is 9.08 Å². The van der Waals surface area contributed by atoms with E-state index in [2.05, 4.69) is 4.18 Å². The van der Waals surface area contributed by atoms with Gasteiger partial charge in [0.25, 0.3) is 0 Å². The first kappa shape index (κ1) is 23.8. The summed E-state index contributed by atoms with van der Waals surface area (Å²) in [6, 6.07) is 16.3. The van der Waals surface area contributed by atoms with Gasteiger partial charge in [0.15, 0.2) is 0 Å². The van der Waals surface area contributed by atoms with Crippen molar-refractivity contribution in [2.75, 3.05) is 4.90 Å². The third kappa shape index (κ3) is 5.24. The molecule has 1 aliphatic rings. The predicted molar refractivity (Wildman–Crippen MR) is 119 cm³/mol.